The fourth-order valence-electron chi connectivity index (χ4n) is 0.553. The molecule has 0 heterocycles. The smallest absolute Gasteiger partial charge is 0.199 e. The number of hydrogen-bond donors (Lipinski definition) is 1. The Morgan fingerprint density at radius 2 is 1.25 bits per heavy atom. The van der Waals surface area contributed by atoms with Crippen molar-refractivity contribution in [3.63, 3.8) is 0 Å². The highest BCUT2D eigenvalue weighted by Gasteiger charge is 1.97. The van der Waals surface area contributed by atoms with Crippen molar-refractivity contribution in [2.75, 3.05) is 0 Å². The first-order valence-electron chi connectivity index (χ1n) is 4.95. The van der Waals surface area contributed by atoms with Crippen LogP contribution in [0.4, 0.5) is 0 Å². The van der Waals surface area contributed by atoms with E-state index in [0.29, 0.717) is 0 Å². The van der Waals surface area contributed by atoms with Crippen LogP contribution < -0.4 is 0 Å². The second-order valence-corrected chi connectivity index (χ2v) is 5.77. The summed E-state index contributed by atoms with van der Waals surface area (Å²) in [5, 5.41) is 11.5. The third-order valence-electron chi connectivity index (χ3n) is 0.986. The van der Waals surface area contributed by atoms with Gasteiger partial charge in [0.1, 0.15) is 0 Å². The molecule has 73 valence electrons. The molecule has 0 atom stereocenters. The zero-order valence-electron chi connectivity index (χ0n) is 9.35. The van der Waals surface area contributed by atoms with Gasteiger partial charge in [0.05, 0.1) is 5.60 Å². The molecule has 0 aromatic rings. The molecule has 1 N–H and O–H groups in total. The van der Waals surface area contributed by atoms with Crippen molar-refractivity contribution in [3.05, 3.63) is 0 Å². The molecule has 0 aromatic carbocycles. The lowest BCUT2D eigenvalue weighted by Crippen LogP contribution is -2.10. The quantitative estimate of drug-likeness (QED) is 0.529. The van der Waals surface area contributed by atoms with Gasteiger partial charge in [-0.1, -0.05) is 26.7 Å². The van der Waals surface area contributed by atoms with E-state index in [9.17, 15) is 0 Å². The van der Waals surface area contributed by atoms with Gasteiger partial charge in [-0.05, 0) is 20.8 Å². The summed E-state index contributed by atoms with van der Waals surface area (Å²) in [6.07, 6.45) is 2.80. The van der Waals surface area contributed by atoms with E-state index in [4.69, 9.17) is 5.11 Å². The molecular weight excluding hydrogens is 163 g/mol. The Morgan fingerprint density at radius 3 is 1.42 bits per heavy atom. The molecule has 1 radical (unpaired) electrons. The Morgan fingerprint density at radius 1 is 1.00 bits per heavy atom. The second kappa shape index (κ2) is 9.58. The average Bonchev–Trinajstić information content (AvgIpc) is 1.85. The summed E-state index contributed by atoms with van der Waals surface area (Å²) in [5.74, 6) is 0. The van der Waals surface area contributed by atoms with E-state index in [0.717, 1.165) is 15.2 Å². The van der Waals surface area contributed by atoms with Crippen LogP contribution in [0.25, 0.3) is 0 Å². The van der Waals surface area contributed by atoms with E-state index >= 15 is 0 Å². The Bertz CT molecular complexity index is 66.4. The summed E-state index contributed by atoms with van der Waals surface area (Å²) in [6.45, 7) is 9.76. The molecular formula is C10H24AlO. The molecule has 2 heteroatoms. The van der Waals surface area contributed by atoms with Crippen LogP contribution in [-0.4, -0.2) is 25.9 Å². The van der Waals surface area contributed by atoms with E-state index in [-0.39, 0.29) is 0 Å². The van der Waals surface area contributed by atoms with Gasteiger partial charge in [-0.2, -0.15) is 0 Å². The van der Waals surface area contributed by atoms with Crippen molar-refractivity contribution in [3.8, 4) is 0 Å². The Hall–Kier alpha value is 0.492. The lowest BCUT2D eigenvalue weighted by atomic mass is 10.2. The van der Waals surface area contributed by atoms with Crippen LogP contribution >= 0.6 is 0 Å². The molecule has 0 aliphatic heterocycles. The van der Waals surface area contributed by atoms with Gasteiger partial charge in [0.15, 0.2) is 15.2 Å². The van der Waals surface area contributed by atoms with Crippen LogP contribution in [0.1, 0.15) is 47.5 Å². The fourth-order valence-corrected chi connectivity index (χ4v) is 1.66. The van der Waals surface area contributed by atoms with Gasteiger partial charge in [0.2, 0.25) is 0 Å². The van der Waals surface area contributed by atoms with Crippen molar-refractivity contribution in [2.45, 2.75) is 63.6 Å². The maximum absolute atomic E-state index is 8.52. The van der Waals surface area contributed by atoms with Crippen LogP contribution in [0, 0.1) is 0 Å². The molecule has 0 fully saturated rings. The Balaban J connectivity index is 0. The van der Waals surface area contributed by atoms with Crippen LogP contribution in [-0.2, 0) is 0 Å². The Labute approximate surface area is 84.3 Å². The molecule has 0 unspecified atom stereocenters. The summed E-state index contributed by atoms with van der Waals surface area (Å²) in [4.78, 5) is 0. The van der Waals surface area contributed by atoms with Gasteiger partial charge < -0.3 is 5.11 Å². The molecule has 12 heavy (non-hydrogen) atoms. The minimum atomic E-state index is -0.500. The molecule has 0 aromatic heterocycles. The van der Waals surface area contributed by atoms with E-state index < -0.39 is 5.60 Å². The number of hydrogen-bond acceptors (Lipinski definition) is 1. The highest BCUT2D eigenvalue weighted by Crippen LogP contribution is 1.93. The summed E-state index contributed by atoms with van der Waals surface area (Å²) < 4.78 is 0. The molecule has 0 aliphatic carbocycles. The third-order valence-corrected chi connectivity index (χ3v) is 2.96. The second-order valence-electron chi connectivity index (χ2n) is 4.04. The van der Waals surface area contributed by atoms with Crippen LogP contribution in [0.15, 0.2) is 0 Å². The first kappa shape index (κ1) is 15.0. The van der Waals surface area contributed by atoms with E-state index in [1.807, 2.05) is 0 Å². The summed E-state index contributed by atoms with van der Waals surface area (Å²) in [5.41, 5.74) is -0.500. The van der Waals surface area contributed by atoms with Crippen LogP contribution in [0.2, 0.25) is 10.6 Å². The van der Waals surface area contributed by atoms with E-state index in [1.165, 1.54) is 23.4 Å². The number of aliphatic hydroxyl groups is 1. The zero-order chi connectivity index (χ0) is 10.0. The van der Waals surface area contributed by atoms with Crippen LogP contribution in [0.5, 0.6) is 0 Å². The standard InChI is InChI=1S/C4H10O.2C3H7.Al/c1-4(2,3)5;2*1-3-2;/h5H,1-3H3;2*1,3H2,2H3;. The van der Waals surface area contributed by atoms with Crippen molar-refractivity contribution < 1.29 is 5.11 Å². The van der Waals surface area contributed by atoms with Gasteiger partial charge in [0, 0.05) is 0 Å². The van der Waals surface area contributed by atoms with Gasteiger partial charge in [-0.3, -0.25) is 0 Å². The largest absolute Gasteiger partial charge is 0.391 e. The van der Waals surface area contributed by atoms with Gasteiger partial charge in [-0.15, -0.1) is 10.6 Å². The maximum Gasteiger partial charge on any atom is 0.199 e. The molecule has 0 aliphatic rings. The summed E-state index contributed by atoms with van der Waals surface area (Å²) in [7, 11) is 0. The monoisotopic (exact) mass is 187 g/mol. The molecule has 0 bridgehead atoms. The lowest BCUT2D eigenvalue weighted by molar-refractivity contribution is 0.102. The molecule has 0 saturated heterocycles. The Kier molecular flexibility index (Phi) is 12.0. The lowest BCUT2D eigenvalue weighted by Gasteiger charge is -2.04. The fraction of sp³-hybridized carbons (Fsp3) is 1.00. The van der Waals surface area contributed by atoms with Crippen molar-refractivity contribution in [1.29, 1.82) is 0 Å². The van der Waals surface area contributed by atoms with Gasteiger partial charge in [0.25, 0.3) is 0 Å². The summed E-state index contributed by atoms with van der Waals surface area (Å²) in [6, 6.07) is 0. The first-order chi connectivity index (χ1) is 5.41. The molecule has 1 nitrogen and oxygen atoms in total. The predicted octanol–water partition coefficient (Wildman–Crippen LogP) is 3.12. The SMILES string of the molecule is CC(C)(C)O.CC[CH2][Al][CH2]CC. The zero-order valence-corrected chi connectivity index (χ0v) is 10.5. The van der Waals surface area contributed by atoms with Gasteiger partial charge >= 0.3 is 0 Å². The third kappa shape index (κ3) is 46.8. The highest BCUT2D eigenvalue weighted by atomic mass is 27.1. The van der Waals surface area contributed by atoms with Gasteiger partial charge in [-0.25, -0.2) is 0 Å². The summed E-state index contributed by atoms with van der Waals surface area (Å²) >= 11 is 0.822. The normalized spacial score (nSPS) is 10.2. The topological polar surface area (TPSA) is 20.2 Å². The predicted molar refractivity (Wildman–Crippen MR) is 57.9 cm³/mol. The molecule has 0 saturated carbocycles. The minimum absolute atomic E-state index is 0.500. The number of rotatable bonds is 4. The first-order valence-corrected chi connectivity index (χ1v) is 6.59. The highest BCUT2D eigenvalue weighted by molar-refractivity contribution is 6.35. The molecule has 0 rings (SSSR count). The van der Waals surface area contributed by atoms with E-state index in [2.05, 4.69) is 13.8 Å². The van der Waals surface area contributed by atoms with Crippen molar-refractivity contribution in [1.82, 2.24) is 0 Å². The maximum atomic E-state index is 8.52. The average molecular weight is 187 g/mol. The van der Waals surface area contributed by atoms with Crippen molar-refractivity contribution >= 4 is 15.2 Å². The molecule has 0 amide bonds. The molecule has 0 spiro atoms. The van der Waals surface area contributed by atoms with E-state index in [1.54, 1.807) is 20.8 Å². The van der Waals surface area contributed by atoms with Crippen molar-refractivity contribution in [2.24, 2.45) is 0 Å². The van der Waals surface area contributed by atoms with Crippen LogP contribution in [0.3, 0.4) is 0 Å². The minimum Gasteiger partial charge on any atom is -0.391 e.